The Balaban J connectivity index is 1.80. The van der Waals surface area contributed by atoms with E-state index in [1.807, 2.05) is 60.7 Å². The quantitative estimate of drug-likeness (QED) is 0.423. The van der Waals surface area contributed by atoms with Gasteiger partial charge in [0.15, 0.2) is 6.29 Å². The van der Waals surface area contributed by atoms with Gasteiger partial charge in [-0.15, -0.1) is 0 Å². The molecule has 4 nitrogen and oxygen atoms in total. The zero-order valence-electron chi connectivity index (χ0n) is 14.4. The van der Waals surface area contributed by atoms with E-state index in [9.17, 15) is 9.59 Å². The third-order valence-corrected chi connectivity index (χ3v) is 4.22. The molecule has 0 bridgehead atoms. The molecule has 3 rings (SSSR count). The Bertz CT molecular complexity index is 924. The minimum atomic E-state index is -0.568. The Morgan fingerprint density at radius 2 is 1.48 bits per heavy atom. The molecular weight excluding hydrogens is 364 g/mol. The molecule has 3 aromatic carbocycles. The molecule has 27 heavy (non-hydrogen) atoms. The summed E-state index contributed by atoms with van der Waals surface area (Å²) in [7, 11) is 0. The average Bonchev–Trinajstić information content (AvgIpc) is 2.72. The first-order chi connectivity index (χ1) is 13.2. The molecule has 0 spiro atoms. The molecule has 0 fully saturated rings. The van der Waals surface area contributed by atoms with Crippen molar-refractivity contribution in [2.45, 2.75) is 13.2 Å². The van der Waals surface area contributed by atoms with E-state index in [2.05, 4.69) is 0 Å². The van der Waals surface area contributed by atoms with Crippen LogP contribution in [0.4, 0.5) is 0 Å². The van der Waals surface area contributed by atoms with Crippen molar-refractivity contribution in [2.24, 2.45) is 0 Å². The van der Waals surface area contributed by atoms with Gasteiger partial charge in [0.2, 0.25) is 0 Å². The normalized spacial score (nSPS) is 10.3. The highest BCUT2D eigenvalue weighted by atomic mass is 35.5. The number of rotatable bonds is 7. The number of esters is 1. The molecule has 3 aromatic rings. The van der Waals surface area contributed by atoms with Crippen molar-refractivity contribution in [1.29, 1.82) is 0 Å². The zero-order valence-corrected chi connectivity index (χ0v) is 15.2. The molecule has 0 aliphatic rings. The molecule has 0 aromatic heterocycles. The summed E-state index contributed by atoms with van der Waals surface area (Å²) in [4.78, 5) is 23.7. The van der Waals surface area contributed by atoms with Gasteiger partial charge in [0.1, 0.15) is 24.5 Å². The van der Waals surface area contributed by atoms with Crippen LogP contribution in [0.25, 0.3) is 0 Å². The molecule has 0 saturated carbocycles. The summed E-state index contributed by atoms with van der Waals surface area (Å²) in [5.74, 6) is -0.315. The molecule has 5 heteroatoms. The Morgan fingerprint density at radius 3 is 2.07 bits per heavy atom. The third kappa shape index (κ3) is 4.96. The fourth-order valence-electron chi connectivity index (χ4n) is 2.47. The number of carbonyl (C=O) groups is 2. The number of hydrogen-bond acceptors (Lipinski definition) is 4. The largest absolute Gasteiger partial charge is 0.488 e. The lowest BCUT2D eigenvalue weighted by atomic mass is 10.1. The molecule has 0 saturated heterocycles. The van der Waals surface area contributed by atoms with Crippen molar-refractivity contribution in [3.8, 4) is 5.75 Å². The van der Waals surface area contributed by atoms with Gasteiger partial charge in [0.25, 0.3) is 0 Å². The molecule has 0 radical (unpaired) electrons. The Morgan fingerprint density at radius 1 is 0.889 bits per heavy atom. The van der Waals surface area contributed by atoms with Crippen molar-refractivity contribution in [3.05, 3.63) is 100 Å². The fraction of sp³-hybridized carbons (Fsp3) is 0.0909. The van der Waals surface area contributed by atoms with Crippen LogP contribution in [0.3, 0.4) is 0 Å². The SMILES string of the molecule is O=Cc1cc(OCc2ccccc2)c(C(=O)OCc2ccccc2)cc1Cl. The highest BCUT2D eigenvalue weighted by Gasteiger charge is 2.18. The third-order valence-electron chi connectivity index (χ3n) is 3.90. The van der Waals surface area contributed by atoms with Gasteiger partial charge < -0.3 is 9.47 Å². The first-order valence-electron chi connectivity index (χ1n) is 8.34. The molecule has 0 N–H and O–H groups in total. The molecule has 0 atom stereocenters. The fourth-order valence-corrected chi connectivity index (χ4v) is 2.68. The van der Waals surface area contributed by atoms with Gasteiger partial charge in [0.05, 0.1) is 5.02 Å². The summed E-state index contributed by atoms with van der Waals surface area (Å²) >= 11 is 6.09. The Kier molecular flexibility index (Phi) is 6.23. The Hall–Kier alpha value is -3.11. The maximum Gasteiger partial charge on any atom is 0.342 e. The molecule has 136 valence electrons. The number of benzene rings is 3. The average molecular weight is 381 g/mol. The minimum absolute atomic E-state index is 0.130. The van der Waals surface area contributed by atoms with E-state index in [1.165, 1.54) is 12.1 Å². The monoisotopic (exact) mass is 380 g/mol. The molecule has 0 aliphatic carbocycles. The lowest BCUT2D eigenvalue weighted by molar-refractivity contribution is 0.0467. The zero-order chi connectivity index (χ0) is 19.1. The van der Waals surface area contributed by atoms with E-state index in [0.717, 1.165) is 11.1 Å². The smallest absolute Gasteiger partial charge is 0.342 e. The van der Waals surface area contributed by atoms with Gasteiger partial charge in [-0.3, -0.25) is 4.79 Å². The van der Waals surface area contributed by atoms with E-state index in [1.54, 1.807) is 0 Å². The van der Waals surface area contributed by atoms with Crippen molar-refractivity contribution in [3.63, 3.8) is 0 Å². The first-order valence-corrected chi connectivity index (χ1v) is 8.71. The van der Waals surface area contributed by atoms with Crippen LogP contribution in [0.5, 0.6) is 5.75 Å². The highest BCUT2D eigenvalue weighted by Crippen LogP contribution is 2.28. The summed E-state index contributed by atoms with van der Waals surface area (Å²) < 4.78 is 11.1. The summed E-state index contributed by atoms with van der Waals surface area (Å²) in [6.07, 6.45) is 0.622. The van der Waals surface area contributed by atoms with Crippen LogP contribution in [0, 0.1) is 0 Å². The summed E-state index contributed by atoms with van der Waals surface area (Å²) in [5, 5.41) is 0.170. The van der Waals surface area contributed by atoms with Crippen LogP contribution >= 0.6 is 11.6 Å². The maximum atomic E-state index is 12.6. The van der Waals surface area contributed by atoms with Crippen LogP contribution in [0.15, 0.2) is 72.8 Å². The number of halogens is 1. The van der Waals surface area contributed by atoms with E-state index < -0.39 is 5.97 Å². The van der Waals surface area contributed by atoms with Crippen LogP contribution < -0.4 is 4.74 Å². The minimum Gasteiger partial charge on any atom is -0.488 e. The Labute approximate surface area is 162 Å². The molecular formula is C22H17ClO4. The highest BCUT2D eigenvalue weighted by molar-refractivity contribution is 6.33. The molecule has 0 heterocycles. The number of ether oxygens (including phenoxy) is 2. The molecule has 0 unspecified atom stereocenters. The second-order valence-electron chi connectivity index (χ2n) is 5.82. The van der Waals surface area contributed by atoms with Gasteiger partial charge in [-0.05, 0) is 23.3 Å². The number of aldehydes is 1. The van der Waals surface area contributed by atoms with Crippen molar-refractivity contribution in [2.75, 3.05) is 0 Å². The van der Waals surface area contributed by atoms with Crippen molar-refractivity contribution < 1.29 is 19.1 Å². The van der Waals surface area contributed by atoms with Gasteiger partial charge >= 0.3 is 5.97 Å². The van der Waals surface area contributed by atoms with Crippen LogP contribution in [-0.2, 0) is 18.0 Å². The van der Waals surface area contributed by atoms with Crippen LogP contribution in [-0.4, -0.2) is 12.3 Å². The van der Waals surface area contributed by atoms with Gasteiger partial charge in [-0.2, -0.15) is 0 Å². The number of carbonyl (C=O) groups excluding carboxylic acids is 2. The first kappa shape index (κ1) is 18.7. The maximum absolute atomic E-state index is 12.6. The van der Waals surface area contributed by atoms with Gasteiger partial charge in [-0.25, -0.2) is 4.79 Å². The van der Waals surface area contributed by atoms with Crippen LogP contribution in [0.2, 0.25) is 5.02 Å². The van der Waals surface area contributed by atoms with Crippen molar-refractivity contribution in [1.82, 2.24) is 0 Å². The predicted octanol–water partition coefficient (Wildman–Crippen LogP) is 5.09. The standard InChI is InChI=1S/C22H17ClO4/c23-20-12-19(22(25)27-15-17-9-5-2-6-10-17)21(11-18(20)13-24)26-14-16-7-3-1-4-8-16/h1-13H,14-15H2. The molecule has 0 amide bonds. The second kappa shape index (κ2) is 9.01. The van der Waals surface area contributed by atoms with Crippen molar-refractivity contribution >= 4 is 23.9 Å². The summed E-state index contributed by atoms with van der Waals surface area (Å²) in [6.45, 7) is 0.380. The van der Waals surface area contributed by atoms with Crippen LogP contribution in [0.1, 0.15) is 31.8 Å². The topological polar surface area (TPSA) is 52.6 Å². The van der Waals surface area contributed by atoms with Gasteiger partial charge in [-0.1, -0.05) is 72.3 Å². The van der Waals surface area contributed by atoms with E-state index in [4.69, 9.17) is 21.1 Å². The van der Waals surface area contributed by atoms with E-state index in [0.29, 0.717) is 6.29 Å². The predicted molar refractivity (Wildman–Crippen MR) is 103 cm³/mol. The summed E-state index contributed by atoms with van der Waals surface area (Å²) in [6, 6.07) is 21.7. The molecule has 0 aliphatic heterocycles. The second-order valence-corrected chi connectivity index (χ2v) is 6.23. The van der Waals surface area contributed by atoms with E-state index in [-0.39, 0.29) is 35.1 Å². The lowest BCUT2D eigenvalue weighted by Gasteiger charge is -2.13. The number of hydrogen-bond donors (Lipinski definition) is 0. The van der Waals surface area contributed by atoms with Gasteiger partial charge in [0, 0.05) is 5.56 Å². The van der Waals surface area contributed by atoms with E-state index >= 15 is 0 Å². The lowest BCUT2D eigenvalue weighted by Crippen LogP contribution is -2.09. The summed E-state index contributed by atoms with van der Waals surface area (Å²) in [5.41, 5.74) is 2.23.